The third-order valence-corrected chi connectivity index (χ3v) is 8.36. The Balaban J connectivity index is 3.89. The minimum atomic E-state index is -0.0203. The number of ether oxygens (including phenoxy) is 4. The van der Waals surface area contributed by atoms with Crippen LogP contribution in [0.5, 0.6) is 0 Å². The van der Waals surface area contributed by atoms with E-state index in [1.807, 2.05) is 6.92 Å². The minimum absolute atomic E-state index is 0.0203. The van der Waals surface area contributed by atoms with Gasteiger partial charge in [-0.05, 0) is 58.5 Å². The molecule has 0 aliphatic rings. The summed E-state index contributed by atoms with van der Waals surface area (Å²) in [5.41, 5.74) is 0. The SMILES string of the molecule is CCCCCCCOC(=O)CCCCCCCCN(CCCCCCCCC(=O)OCCCCCCC)CCOCCOCC. The Labute approximate surface area is 279 Å². The first kappa shape index (κ1) is 43.8. The summed E-state index contributed by atoms with van der Waals surface area (Å²) in [7, 11) is 0. The summed E-state index contributed by atoms with van der Waals surface area (Å²) in [5, 5.41) is 0. The zero-order valence-electron chi connectivity index (χ0n) is 30.2. The molecule has 0 rings (SSSR count). The molecule has 0 unspecified atom stereocenters. The Hall–Kier alpha value is -1.18. The van der Waals surface area contributed by atoms with Crippen LogP contribution in [0.15, 0.2) is 0 Å². The van der Waals surface area contributed by atoms with Crippen molar-refractivity contribution in [3.8, 4) is 0 Å². The number of esters is 2. The van der Waals surface area contributed by atoms with E-state index in [1.54, 1.807) is 0 Å². The quantitative estimate of drug-likeness (QED) is 0.0494. The van der Waals surface area contributed by atoms with E-state index in [9.17, 15) is 9.59 Å². The molecule has 45 heavy (non-hydrogen) atoms. The number of hydrogen-bond donors (Lipinski definition) is 0. The second-order valence-corrected chi connectivity index (χ2v) is 12.7. The molecule has 0 aromatic carbocycles. The molecule has 0 heterocycles. The van der Waals surface area contributed by atoms with E-state index in [-0.39, 0.29) is 11.9 Å². The van der Waals surface area contributed by atoms with Gasteiger partial charge < -0.3 is 23.8 Å². The van der Waals surface area contributed by atoms with Crippen molar-refractivity contribution >= 4 is 11.9 Å². The lowest BCUT2D eigenvalue weighted by Gasteiger charge is -2.22. The smallest absolute Gasteiger partial charge is 0.305 e. The number of carbonyl (C=O) groups excluding carboxylic acids is 2. The van der Waals surface area contributed by atoms with E-state index >= 15 is 0 Å². The molecule has 0 saturated carbocycles. The summed E-state index contributed by atoms with van der Waals surface area (Å²) >= 11 is 0. The highest BCUT2D eigenvalue weighted by Crippen LogP contribution is 2.12. The van der Waals surface area contributed by atoms with Gasteiger partial charge in [0.1, 0.15) is 0 Å². The van der Waals surface area contributed by atoms with Gasteiger partial charge >= 0.3 is 11.9 Å². The molecule has 7 nitrogen and oxygen atoms in total. The molecular formula is C38H75NO6. The summed E-state index contributed by atoms with van der Waals surface area (Å²) in [5.74, 6) is -0.0405. The molecule has 268 valence electrons. The molecule has 0 aliphatic carbocycles. The average molecular weight is 642 g/mol. The van der Waals surface area contributed by atoms with E-state index < -0.39 is 0 Å². The maximum Gasteiger partial charge on any atom is 0.305 e. The van der Waals surface area contributed by atoms with Gasteiger partial charge in [-0.1, -0.05) is 117 Å². The number of carbonyl (C=O) groups is 2. The molecule has 0 radical (unpaired) electrons. The van der Waals surface area contributed by atoms with E-state index in [2.05, 4.69) is 18.7 Å². The molecule has 0 aromatic heterocycles. The predicted octanol–water partition coefficient (Wildman–Crippen LogP) is 9.83. The van der Waals surface area contributed by atoms with Gasteiger partial charge in [0.05, 0.1) is 33.0 Å². The van der Waals surface area contributed by atoms with Crippen molar-refractivity contribution in [2.24, 2.45) is 0 Å². The van der Waals surface area contributed by atoms with E-state index in [0.29, 0.717) is 39.3 Å². The first-order chi connectivity index (χ1) is 22.1. The lowest BCUT2D eigenvalue weighted by molar-refractivity contribution is -0.144. The predicted molar refractivity (Wildman–Crippen MR) is 188 cm³/mol. The molecule has 0 aromatic rings. The number of hydrogen-bond acceptors (Lipinski definition) is 7. The van der Waals surface area contributed by atoms with Crippen molar-refractivity contribution in [1.29, 1.82) is 0 Å². The van der Waals surface area contributed by atoms with Crippen LogP contribution >= 0.6 is 0 Å². The van der Waals surface area contributed by atoms with Crippen molar-refractivity contribution < 1.29 is 28.5 Å². The van der Waals surface area contributed by atoms with Gasteiger partial charge in [0, 0.05) is 26.0 Å². The fraction of sp³-hybridized carbons (Fsp3) is 0.947. The van der Waals surface area contributed by atoms with Crippen LogP contribution < -0.4 is 0 Å². The molecule has 0 fully saturated rings. The Morgan fingerprint density at radius 1 is 0.400 bits per heavy atom. The average Bonchev–Trinajstić information content (AvgIpc) is 3.04. The van der Waals surface area contributed by atoms with Crippen LogP contribution in [0.25, 0.3) is 0 Å². The van der Waals surface area contributed by atoms with Crippen LogP contribution in [0.3, 0.4) is 0 Å². The normalized spacial score (nSPS) is 11.4. The lowest BCUT2D eigenvalue weighted by atomic mass is 10.1. The largest absolute Gasteiger partial charge is 0.466 e. The Morgan fingerprint density at radius 2 is 0.800 bits per heavy atom. The third kappa shape index (κ3) is 35.5. The maximum atomic E-state index is 11.9. The van der Waals surface area contributed by atoms with Crippen molar-refractivity contribution in [3.05, 3.63) is 0 Å². The molecule has 0 N–H and O–H groups in total. The number of rotatable bonds is 37. The zero-order chi connectivity index (χ0) is 32.9. The minimum Gasteiger partial charge on any atom is -0.466 e. The molecule has 0 amide bonds. The van der Waals surface area contributed by atoms with Gasteiger partial charge in [0.25, 0.3) is 0 Å². The Bertz CT molecular complexity index is 573. The maximum absolute atomic E-state index is 11.9. The van der Waals surface area contributed by atoms with Crippen molar-refractivity contribution in [2.45, 2.75) is 175 Å². The van der Waals surface area contributed by atoms with E-state index in [1.165, 1.54) is 103 Å². The zero-order valence-corrected chi connectivity index (χ0v) is 30.2. The third-order valence-electron chi connectivity index (χ3n) is 8.36. The molecule has 0 spiro atoms. The fourth-order valence-electron chi connectivity index (χ4n) is 5.44. The van der Waals surface area contributed by atoms with Crippen molar-refractivity contribution in [2.75, 3.05) is 59.3 Å². The summed E-state index contributed by atoms with van der Waals surface area (Å²) < 4.78 is 21.9. The first-order valence-electron chi connectivity index (χ1n) is 19.3. The Kier molecular flexibility index (Phi) is 36.3. The highest BCUT2D eigenvalue weighted by Gasteiger charge is 2.07. The first-order valence-corrected chi connectivity index (χ1v) is 19.3. The second-order valence-electron chi connectivity index (χ2n) is 12.7. The van der Waals surface area contributed by atoms with Crippen LogP contribution in [0, 0.1) is 0 Å². The van der Waals surface area contributed by atoms with Crippen molar-refractivity contribution in [3.63, 3.8) is 0 Å². The molecule has 0 aliphatic heterocycles. The lowest BCUT2D eigenvalue weighted by Crippen LogP contribution is -2.30. The molecule has 7 heteroatoms. The summed E-state index contributed by atoms with van der Waals surface area (Å²) in [6.07, 6.45) is 26.9. The standard InChI is InChI=1S/C38H75NO6/c1-4-7-9-19-25-32-44-37(40)27-21-15-11-13-17-23-29-39(31-34-43-36-35-42-6-3)30-24-18-14-12-16-22-28-38(41)45-33-26-20-10-8-5-2/h4-36H2,1-3H3. The number of unbranched alkanes of at least 4 members (excludes halogenated alkanes) is 18. The van der Waals surface area contributed by atoms with Crippen molar-refractivity contribution in [1.82, 2.24) is 4.90 Å². The fourth-order valence-corrected chi connectivity index (χ4v) is 5.44. The van der Waals surface area contributed by atoms with E-state index in [0.717, 1.165) is 71.4 Å². The molecule has 0 saturated heterocycles. The van der Waals surface area contributed by atoms with Gasteiger partial charge in [0.15, 0.2) is 0 Å². The van der Waals surface area contributed by atoms with Crippen LogP contribution in [0.2, 0.25) is 0 Å². The summed E-state index contributed by atoms with van der Waals surface area (Å²) in [4.78, 5) is 26.4. The molecule has 0 bridgehead atoms. The van der Waals surface area contributed by atoms with Gasteiger partial charge in [-0.2, -0.15) is 0 Å². The Morgan fingerprint density at radius 3 is 1.27 bits per heavy atom. The summed E-state index contributed by atoms with van der Waals surface area (Å²) in [6.45, 7) is 13.7. The highest BCUT2D eigenvalue weighted by molar-refractivity contribution is 5.69. The molecule has 0 atom stereocenters. The van der Waals surface area contributed by atoms with E-state index in [4.69, 9.17) is 18.9 Å². The monoisotopic (exact) mass is 642 g/mol. The van der Waals surface area contributed by atoms with Gasteiger partial charge in [-0.15, -0.1) is 0 Å². The number of nitrogens with zero attached hydrogens (tertiary/aromatic N) is 1. The summed E-state index contributed by atoms with van der Waals surface area (Å²) in [6, 6.07) is 0. The topological polar surface area (TPSA) is 74.3 Å². The second kappa shape index (κ2) is 37.3. The van der Waals surface area contributed by atoms with Gasteiger partial charge in [0.2, 0.25) is 0 Å². The van der Waals surface area contributed by atoms with Gasteiger partial charge in [-0.3, -0.25) is 9.59 Å². The highest BCUT2D eigenvalue weighted by atomic mass is 16.5. The van der Waals surface area contributed by atoms with Crippen LogP contribution in [0.4, 0.5) is 0 Å². The van der Waals surface area contributed by atoms with Crippen LogP contribution in [-0.2, 0) is 28.5 Å². The molecular weight excluding hydrogens is 566 g/mol. The van der Waals surface area contributed by atoms with Gasteiger partial charge in [-0.25, -0.2) is 0 Å². The van der Waals surface area contributed by atoms with Crippen LogP contribution in [-0.4, -0.2) is 76.1 Å². The van der Waals surface area contributed by atoms with Crippen LogP contribution in [0.1, 0.15) is 175 Å².